The highest BCUT2D eigenvalue weighted by Gasteiger charge is 2.68. The van der Waals surface area contributed by atoms with Crippen molar-refractivity contribution in [3.8, 4) is 0 Å². The molecule has 0 radical (unpaired) electrons. The maximum absolute atomic E-state index is 12.9. The van der Waals surface area contributed by atoms with Gasteiger partial charge in [0.1, 0.15) is 5.76 Å². The van der Waals surface area contributed by atoms with Crippen LogP contribution < -0.4 is 0 Å². The van der Waals surface area contributed by atoms with Crippen LogP contribution in [0.15, 0.2) is 34.5 Å². The Hall–Kier alpha value is -2.08. The minimum Gasteiger partial charge on any atom is -0.465 e. The molecule has 6 heteroatoms. The van der Waals surface area contributed by atoms with Gasteiger partial charge in [0, 0.05) is 29.2 Å². The number of hydrogen-bond donors (Lipinski definition) is 1. The van der Waals surface area contributed by atoms with E-state index in [1.807, 2.05) is 13.0 Å². The van der Waals surface area contributed by atoms with Crippen molar-refractivity contribution in [2.75, 3.05) is 6.61 Å². The number of rotatable bonds is 1. The maximum atomic E-state index is 12.9. The maximum Gasteiger partial charge on any atom is 0.334 e. The zero-order valence-electron chi connectivity index (χ0n) is 14.6. The molecule has 6 atom stereocenters. The number of aliphatic hydroxyl groups is 1. The summed E-state index contributed by atoms with van der Waals surface area (Å²) in [6.45, 7) is 2.23. The Bertz CT molecular complexity index is 795. The molecule has 0 amide bonds. The van der Waals surface area contributed by atoms with Gasteiger partial charge in [-0.3, -0.25) is 4.79 Å². The van der Waals surface area contributed by atoms with Crippen molar-refractivity contribution in [2.24, 2.45) is 23.2 Å². The molecule has 138 valence electrons. The predicted octanol–water partition coefficient (Wildman–Crippen LogP) is 2.53. The Morgan fingerprint density at radius 2 is 2.15 bits per heavy atom. The van der Waals surface area contributed by atoms with E-state index in [1.54, 1.807) is 18.4 Å². The zero-order chi connectivity index (χ0) is 18.1. The lowest BCUT2D eigenvalue weighted by Crippen LogP contribution is -2.67. The van der Waals surface area contributed by atoms with Crippen LogP contribution in [0.4, 0.5) is 0 Å². The van der Waals surface area contributed by atoms with Crippen LogP contribution in [0.2, 0.25) is 0 Å². The molecule has 1 N–H and O–H groups in total. The molecule has 2 aliphatic heterocycles. The highest BCUT2D eigenvalue weighted by molar-refractivity contribution is 5.90. The number of furan rings is 1. The molecule has 1 saturated carbocycles. The molecular formula is C20H22O6. The number of carbonyl (C=O) groups is 2. The van der Waals surface area contributed by atoms with Crippen LogP contribution >= 0.6 is 0 Å². The van der Waals surface area contributed by atoms with Crippen LogP contribution in [-0.2, 0) is 19.1 Å². The lowest BCUT2D eigenvalue weighted by atomic mass is 9.45. The highest BCUT2D eigenvalue weighted by atomic mass is 16.6. The highest BCUT2D eigenvalue weighted by Crippen LogP contribution is 2.64. The topological polar surface area (TPSA) is 86.0 Å². The summed E-state index contributed by atoms with van der Waals surface area (Å²) in [6.07, 6.45) is 5.15. The van der Waals surface area contributed by atoms with Crippen LogP contribution in [0.1, 0.15) is 44.5 Å². The summed E-state index contributed by atoms with van der Waals surface area (Å²) in [5.74, 6) is -0.751. The van der Waals surface area contributed by atoms with Crippen molar-refractivity contribution in [1.29, 1.82) is 0 Å². The number of fused-ring (bicyclic) bond motifs is 2. The van der Waals surface area contributed by atoms with Gasteiger partial charge in [0.2, 0.25) is 0 Å². The van der Waals surface area contributed by atoms with Crippen molar-refractivity contribution in [3.05, 3.63) is 35.8 Å². The molecule has 26 heavy (non-hydrogen) atoms. The lowest BCUT2D eigenvalue weighted by molar-refractivity contribution is -0.243. The van der Waals surface area contributed by atoms with Crippen molar-refractivity contribution in [3.63, 3.8) is 0 Å². The molecule has 4 aliphatic rings. The van der Waals surface area contributed by atoms with Crippen molar-refractivity contribution in [2.45, 2.75) is 44.3 Å². The Morgan fingerprint density at radius 1 is 1.31 bits per heavy atom. The van der Waals surface area contributed by atoms with E-state index >= 15 is 0 Å². The smallest absolute Gasteiger partial charge is 0.334 e. The van der Waals surface area contributed by atoms with Crippen LogP contribution in [0.5, 0.6) is 0 Å². The van der Waals surface area contributed by atoms with Gasteiger partial charge in [0.05, 0.1) is 24.4 Å². The second-order valence-electron chi connectivity index (χ2n) is 8.31. The van der Waals surface area contributed by atoms with E-state index in [-0.39, 0.29) is 30.4 Å². The van der Waals surface area contributed by atoms with Gasteiger partial charge in [0.25, 0.3) is 0 Å². The molecule has 2 aliphatic carbocycles. The molecular weight excluding hydrogens is 336 g/mol. The zero-order valence-corrected chi connectivity index (χ0v) is 14.6. The van der Waals surface area contributed by atoms with Crippen LogP contribution in [0, 0.1) is 23.2 Å². The molecule has 6 nitrogen and oxygen atoms in total. The summed E-state index contributed by atoms with van der Waals surface area (Å²) >= 11 is 0. The number of esters is 2. The van der Waals surface area contributed by atoms with Crippen LogP contribution in [-0.4, -0.2) is 29.3 Å². The van der Waals surface area contributed by atoms with Gasteiger partial charge in [0.15, 0.2) is 6.10 Å². The number of carbonyl (C=O) groups excluding carboxylic acids is 2. The molecule has 2 saturated heterocycles. The van der Waals surface area contributed by atoms with E-state index in [9.17, 15) is 14.7 Å². The quantitative estimate of drug-likeness (QED) is 0.777. The van der Waals surface area contributed by atoms with Gasteiger partial charge < -0.3 is 19.0 Å². The second-order valence-corrected chi connectivity index (χ2v) is 8.31. The first kappa shape index (κ1) is 16.1. The van der Waals surface area contributed by atoms with Gasteiger partial charge in [-0.2, -0.15) is 0 Å². The summed E-state index contributed by atoms with van der Waals surface area (Å²) in [5.41, 5.74) is -1.23. The predicted molar refractivity (Wildman–Crippen MR) is 88.6 cm³/mol. The van der Waals surface area contributed by atoms with Crippen LogP contribution in [0.3, 0.4) is 0 Å². The molecule has 3 fully saturated rings. The van der Waals surface area contributed by atoms with E-state index in [4.69, 9.17) is 13.9 Å². The lowest BCUT2D eigenvalue weighted by Gasteiger charge is -2.62. The monoisotopic (exact) mass is 358 g/mol. The molecule has 5 rings (SSSR count). The first-order valence-corrected chi connectivity index (χ1v) is 9.27. The molecule has 0 spiro atoms. The summed E-state index contributed by atoms with van der Waals surface area (Å²) in [6, 6.07) is 3.56. The summed E-state index contributed by atoms with van der Waals surface area (Å²) in [5, 5.41) is 11.9. The molecule has 3 heterocycles. The first-order chi connectivity index (χ1) is 12.4. The average Bonchev–Trinajstić information content (AvgIpc) is 3.14. The summed E-state index contributed by atoms with van der Waals surface area (Å²) in [4.78, 5) is 25.2. The molecule has 0 aromatic carbocycles. The van der Waals surface area contributed by atoms with E-state index in [2.05, 4.69) is 0 Å². The van der Waals surface area contributed by atoms with E-state index in [0.717, 1.165) is 0 Å². The Balaban J connectivity index is 1.60. The van der Waals surface area contributed by atoms with E-state index < -0.39 is 23.0 Å². The van der Waals surface area contributed by atoms with E-state index in [1.165, 1.54) is 0 Å². The fraction of sp³-hybridized carbons (Fsp3) is 0.600. The normalized spacial score (nSPS) is 44.3. The second kappa shape index (κ2) is 5.22. The number of allylic oxidation sites excluding steroid dienone is 1. The molecule has 1 aromatic heterocycles. The van der Waals surface area contributed by atoms with Gasteiger partial charge in [-0.05, 0) is 31.4 Å². The summed E-state index contributed by atoms with van der Waals surface area (Å²) < 4.78 is 16.5. The Morgan fingerprint density at radius 3 is 2.92 bits per heavy atom. The standard InChI is InChI=1S/C20H22O6/c1-19-9-15(14-5-3-7-24-14)26-18(22)13(19)8-11-10-25-17(21)12-4-2-6-20(19,23)16(11)12/h3-5,7,11,13,15-16,23H,2,6,8-10H2,1H3. The number of ether oxygens (including phenoxy) is 2. The van der Waals surface area contributed by atoms with Gasteiger partial charge in [-0.25, -0.2) is 4.79 Å². The fourth-order valence-electron chi connectivity index (χ4n) is 5.87. The van der Waals surface area contributed by atoms with Crippen molar-refractivity contribution < 1.29 is 28.6 Å². The third-order valence-corrected chi connectivity index (χ3v) is 7.18. The van der Waals surface area contributed by atoms with Gasteiger partial charge in [-0.1, -0.05) is 13.0 Å². The SMILES string of the molecule is CC12CC(c3ccco3)OC(=O)C1CC1COC(=O)C3=CCCC2(O)C31. The number of hydrogen-bond acceptors (Lipinski definition) is 6. The minimum atomic E-state index is -1.13. The average molecular weight is 358 g/mol. The van der Waals surface area contributed by atoms with Crippen LogP contribution in [0.25, 0.3) is 0 Å². The largest absolute Gasteiger partial charge is 0.465 e. The first-order valence-electron chi connectivity index (χ1n) is 9.27. The van der Waals surface area contributed by atoms with Gasteiger partial charge >= 0.3 is 11.9 Å². The fourth-order valence-corrected chi connectivity index (χ4v) is 5.87. The van der Waals surface area contributed by atoms with E-state index in [0.29, 0.717) is 37.0 Å². The Kier molecular flexibility index (Phi) is 3.24. The summed E-state index contributed by atoms with van der Waals surface area (Å²) in [7, 11) is 0. The molecule has 0 bridgehead atoms. The minimum absolute atomic E-state index is 0.0463. The Labute approximate surface area is 151 Å². The third-order valence-electron chi connectivity index (χ3n) is 7.18. The molecule has 1 aromatic rings. The van der Waals surface area contributed by atoms with Gasteiger partial charge in [-0.15, -0.1) is 0 Å². The van der Waals surface area contributed by atoms with Crippen molar-refractivity contribution in [1.82, 2.24) is 0 Å². The number of cyclic esters (lactones) is 2. The molecule has 6 unspecified atom stereocenters. The third kappa shape index (κ3) is 1.91. The van der Waals surface area contributed by atoms with Crippen molar-refractivity contribution >= 4 is 11.9 Å².